The fourth-order valence-corrected chi connectivity index (χ4v) is 2.19. The molecule has 0 saturated carbocycles. The number of halogens is 1. The summed E-state index contributed by atoms with van der Waals surface area (Å²) < 4.78 is 0. The summed E-state index contributed by atoms with van der Waals surface area (Å²) in [5.41, 5.74) is 0. The Bertz CT molecular complexity index is 310. The van der Waals surface area contributed by atoms with E-state index < -0.39 is 11.3 Å². The topological polar surface area (TPSA) is 52.6 Å². The van der Waals surface area contributed by atoms with Crippen molar-refractivity contribution in [2.75, 3.05) is 26.7 Å². The molecule has 1 saturated heterocycles. The molecule has 1 N–H and O–H groups in total. The van der Waals surface area contributed by atoms with E-state index in [1.807, 2.05) is 0 Å². The largest absolute Gasteiger partial charge is 0.324 e. The summed E-state index contributed by atoms with van der Waals surface area (Å²) in [5.74, 6) is -0.436. The zero-order valence-electron chi connectivity index (χ0n) is 11.3. The van der Waals surface area contributed by atoms with Crippen LogP contribution in [0, 0.1) is 0 Å². The van der Waals surface area contributed by atoms with E-state index in [0.29, 0.717) is 6.54 Å². The van der Waals surface area contributed by atoms with Gasteiger partial charge in [0.2, 0.25) is 5.91 Å². The van der Waals surface area contributed by atoms with Crippen molar-refractivity contribution in [3.05, 3.63) is 0 Å². The van der Waals surface area contributed by atoms with E-state index in [-0.39, 0.29) is 12.1 Å². The lowest BCUT2D eigenvalue weighted by molar-refractivity contribution is -0.119. The maximum absolute atomic E-state index is 12.1. The van der Waals surface area contributed by atoms with Gasteiger partial charge >= 0.3 is 6.03 Å². The Morgan fingerprint density at radius 3 is 2.67 bits per heavy atom. The zero-order valence-corrected chi connectivity index (χ0v) is 12.0. The van der Waals surface area contributed by atoms with Gasteiger partial charge in [0, 0.05) is 19.1 Å². The Labute approximate surface area is 113 Å². The molecule has 0 bridgehead atoms. The minimum absolute atomic E-state index is 0.149. The SMILES string of the molecule is CCC1CN(C)CCCN1C(=O)NC(=O)C(C)Cl. The molecule has 2 unspecified atom stereocenters. The second kappa shape index (κ2) is 6.95. The normalized spacial score (nSPS) is 23.3. The van der Waals surface area contributed by atoms with Crippen molar-refractivity contribution in [2.24, 2.45) is 0 Å². The Kier molecular flexibility index (Phi) is 5.88. The third-order valence-corrected chi connectivity index (χ3v) is 3.42. The van der Waals surface area contributed by atoms with Crippen LogP contribution in [0.2, 0.25) is 0 Å². The summed E-state index contributed by atoms with van der Waals surface area (Å²) in [7, 11) is 2.05. The Balaban J connectivity index is 2.66. The van der Waals surface area contributed by atoms with Crippen molar-refractivity contribution in [1.29, 1.82) is 0 Å². The minimum atomic E-state index is -0.691. The summed E-state index contributed by atoms with van der Waals surface area (Å²) in [6, 6.07) is -0.175. The van der Waals surface area contributed by atoms with Gasteiger partial charge in [-0.2, -0.15) is 0 Å². The lowest BCUT2D eigenvalue weighted by Gasteiger charge is -2.30. The first-order chi connectivity index (χ1) is 8.45. The van der Waals surface area contributed by atoms with Crippen molar-refractivity contribution in [1.82, 2.24) is 15.1 Å². The Morgan fingerprint density at radius 2 is 2.11 bits per heavy atom. The number of alkyl halides is 1. The highest BCUT2D eigenvalue weighted by atomic mass is 35.5. The number of nitrogens with zero attached hydrogens (tertiary/aromatic N) is 2. The average Bonchev–Trinajstić information content (AvgIpc) is 2.50. The second-order valence-corrected chi connectivity index (χ2v) is 5.44. The Hall–Kier alpha value is -0.810. The lowest BCUT2D eigenvalue weighted by atomic mass is 10.2. The molecule has 1 fully saturated rings. The van der Waals surface area contributed by atoms with Gasteiger partial charge in [-0.3, -0.25) is 10.1 Å². The summed E-state index contributed by atoms with van der Waals surface area (Å²) >= 11 is 5.65. The van der Waals surface area contributed by atoms with Crippen LogP contribution in [0.5, 0.6) is 0 Å². The van der Waals surface area contributed by atoms with Crippen LogP contribution in [0.3, 0.4) is 0 Å². The van der Waals surface area contributed by atoms with E-state index in [9.17, 15) is 9.59 Å². The van der Waals surface area contributed by atoms with E-state index in [0.717, 1.165) is 25.9 Å². The molecule has 1 aliphatic rings. The first-order valence-electron chi connectivity index (χ1n) is 6.39. The quantitative estimate of drug-likeness (QED) is 0.772. The number of carbonyl (C=O) groups excluding carboxylic acids is 2. The maximum atomic E-state index is 12.1. The Morgan fingerprint density at radius 1 is 1.44 bits per heavy atom. The molecule has 1 aliphatic heterocycles. The smallest absolute Gasteiger partial charge is 0.320 e. The number of likely N-dealkylation sites (N-methyl/N-ethyl adjacent to an activating group) is 1. The molecule has 0 spiro atoms. The molecule has 18 heavy (non-hydrogen) atoms. The molecule has 3 amide bonds. The molecule has 6 heteroatoms. The van der Waals surface area contributed by atoms with Crippen molar-refractivity contribution in [3.63, 3.8) is 0 Å². The molecule has 1 rings (SSSR count). The van der Waals surface area contributed by atoms with Gasteiger partial charge in [0.25, 0.3) is 0 Å². The number of hydrogen-bond acceptors (Lipinski definition) is 3. The van der Waals surface area contributed by atoms with E-state index >= 15 is 0 Å². The summed E-state index contributed by atoms with van der Waals surface area (Å²) in [6.45, 7) is 6.10. The van der Waals surface area contributed by atoms with Gasteiger partial charge < -0.3 is 9.80 Å². The van der Waals surface area contributed by atoms with Gasteiger partial charge in [-0.25, -0.2) is 4.79 Å². The van der Waals surface area contributed by atoms with Crippen molar-refractivity contribution < 1.29 is 9.59 Å². The third kappa shape index (κ3) is 4.14. The maximum Gasteiger partial charge on any atom is 0.324 e. The summed E-state index contributed by atoms with van der Waals surface area (Å²) in [6.07, 6.45) is 1.80. The zero-order chi connectivity index (χ0) is 13.7. The van der Waals surface area contributed by atoms with Crippen LogP contribution < -0.4 is 5.32 Å². The molecular weight excluding hydrogens is 254 g/mol. The number of amides is 3. The van der Waals surface area contributed by atoms with Gasteiger partial charge in [0.1, 0.15) is 5.38 Å². The molecule has 2 atom stereocenters. The van der Waals surface area contributed by atoms with Crippen molar-refractivity contribution in [2.45, 2.75) is 38.1 Å². The van der Waals surface area contributed by atoms with Crippen LogP contribution in [0.1, 0.15) is 26.7 Å². The minimum Gasteiger partial charge on any atom is -0.320 e. The van der Waals surface area contributed by atoms with Gasteiger partial charge in [0.05, 0.1) is 0 Å². The van der Waals surface area contributed by atoms with E-state index in [2.05, 4.69) is 24.2 Å². The number of imide groups is 1. The number of carbonyl (C=O) groups is 2. The molecule has 104 valence electrons. The predicted octanol–water partition coefficient (Wildman–Crippen LogP) is 1.27. The highest BCUT2D eigenvalue weighted by Crippen LogP contribution is 2.12. The van der Waals surface area contributed by atoms with Crippen LogP contribution in [-0.4, -0.2) is 59.8 Å². The van der Waals surface area contributed by atoms with Crippen LogP contribution in [-0.2, 0) is 4.79 Å². The summed E-state index contributed by atoms with van der Waals surface area (Å²) in [5, 5.41) is 1.66. The second-order valence-electron chi connectivity index (χ2n) is 4.78. The monoisotopic (exact) mass is 275 g/mol. The van der Waals surface area contributed by atoms with E-state index in [1.54, 1.807) is 11.8 Å². The number of rotatable bonds is 2. The third-order valence-electron chi connectivity index (χ3n) is 3.23. The van der Waals surface area contributed by atoms with Crippen LogP contribution in [0.15, 0.2) is 0 Å². The number of urea groups is 1. The fraction of sp³-hybridized carbons (Fsp3) is 0.833. The van der Waals surface area contributed by atoms with Crippen molar-refractivity contribution in [3.8, 4) is 0 Å². The van der Waals surface area contributed by atoms with Gasteiger partial charge in [-0.05, 0) is 33.4 Å². The van der Waals surface area contributed by atoms with Crippen LogP contribution >= 0.6 is 11.6 Å². The van der Waals surface area contributed by atoms with Crippen molar-refractivity contribution >= 4 is 23.5 Å². The van der Waals surface area contributed by atoms with E-state index in [1.165, 1.54) is 0 Å². The van der Waals surface area contributed by atoms with Gasteiger partial charge in [0.15, 0.2) is 0 Å². The highest BCUT2D eigenvalue weighted by Gasteiger charge is 2.27. The molecular formula is C12H22ClN3O2. The molecule has 1 heterocycles. The highest BCUT2D eigenvalue weighted by molar-refractivity contribution is 6.31. The molecule has 0 aromatic heterocycles. The standard InChI is InChI=1S/C12H22ClN3O2/c1-4-10-8-15(3)6-5-7-16(10)12(18)14-11(17)9(2)13/h9-10H,4-8H2,1-3H3,(H,14,17,18). The number of nitrogens with one attached hydrogen (secondary N) is 1. The molecule has 0 aromatic rings. The average molecular weight is 276 g/mol. The predicted molar refractivity (Wildman–Crippen MR) is 71.8 cm³/mol. The lowest BCUT2D eigenvalue weighted by Crippen LogP contribution is -2.50. The summed E-state index contributed by atoms with van der Waals surface area (Å²) in [4.78, 5) is 27.5. The van der Waals surface area contributed by atoms with Gasteiger partial charge in [-0.1, -0.05) is 6.92 Å². The van der Waals surface area contributed by atoms with E-state index in [4.69, 9.17) is 11.6 Å². The van der Waals surface area contributed by atoms with Crippen LogP contribution in [0.25, 0.3) is 0 Å². The molecule has 0 aliphatic carbocycles. The van der Waals surface area contributed by atoms with Gasteiger partial charge in [-0.15, -0.1) is 11.6 Å². The fourth-order valence-electron chi connectivity index (χ4n) is 2.14. The first-order valence-corrected chi connectivity index (χ1v) is 6.83. The molecule has 5 nitrogen and oxygen atoms in total. The van der Waals surface area contributed by atoms with Crippen LogP contribution in [0.4, 0.5) is 4.79 Å². The molecule has 0 aromatic carbocycles. The molecule has 0 radical (unpaired) electrons. The first kappa shape index (κ1) is 15.2. The number of hydrogen-bond donors (Lipinski definition) is 1.